The predicted octanol–water partition coefficient (Wildman–Crippen LogP) is 2.20. The molecule has 2 aromatic rings. The minimum absolute atomic E-state index is 0.164. The van der Waals surface area contributed by atoms with Crippen molar-refractivity contribution in [2.45, 2.75) is 13.0 Å². The maximum atomic E-state index is 12.2. The first-order valence-corrected chi connectivity index (χ1v) is 7.59. The van der Waals surface area contributed by atoms with Gasteiger partial charge in [-0.3, -0.25) is 9.59 Å². The molecule has 7 nitrogen and oxygen atoms in total. The lowest BCUT2D eigenvalue weighted by molar-refractivity contribution is -0.115. The van der Waals surface area contributed by atoms with Crippen LogP contribution in [0.2, 0.25) is 0 Å². The highest BCUT2D eigenvalue weighted by atomic mass is 16.7. The van der Waals surface area contributed by atoms with E-state index < -0.39 is 0 Å². The van der Waals surface area contributed by atoms with Crippen molar-refractivity contribution in [1.82, 2.24) is 5.32 Å². The normalized spacial score (nSPS) is 11.5. The van der Waals surface area contributed by atoms with Crippen molar-refractivity contribution in [2.24, 2.45) is 0 Å². The Balaban J connectivity index is 1.55. The first kappa shape index (κ1) is 16.3. The molecule has 1 aliphatic rings. The Hall–Kier alpha value is -3.53. The van der Waals surface area contributed by atoms with Crippen LogP contribution < -0.4 is 20.1 Å². The largest absolute Gasteiger partial charge is 0.454 e. The highest BCUT2D eigenvalue weighted by Gasteiger charge is 2.16. The summed E-state index contributed by atoms with van der Waals surface area (Å²) < 4.78 is 10.5. The number of hydrogen-bond acceptors (Lipinski definition) is 5. The summed E-state index contributed by atoms with van der Waals surface area (Å²) in [5.41, 5.74) is 1.98. The number of hydrogen-bond donors (Lipinski definition) is 2. The fourth-order valence-electron chi connectivity index (χ4n) is 2.31. The molecule has 3 rings (SSSR count). The van der Waals surface area contributed by atoms with Crippen LogP contribution in [-0.4, -0.2) is 18.6 Å². The zero-order chi connectivity index (χ0) is 17.6. The highest BCUT2D eigenvalue weighted by molar-refractivity contribution is 5.95. The lowest BCUT2D eigenvalue weighted by Crippen LogP contribution is -2.22. The molecule has 0 atom stereocenters. The molecule has 2 aromatic carbocycles. The van der Waals surface area contributed by atoms with E-state index in [2.05, 4.69) is 10.6 Å². The summed E-state index contributed by atoms with van der Waals surface area (Å²) in [6.45, 7) is 0.511. The molecule has 0 saturated heterocycles. The molecule has 1 aliphatic heterocycles. The predicted molar refractivity (Wildman–Crippen MR) is 89.0 cm³/mol. The maximum Gasteiger partial charge on any atom is 0.251 e. The molecular weight excluding hydrogens is 322 g/mol. The molecule has 0 aliphatic carbocycles. The van der Waals surface area contributed by atoms with Gasteiger partial charge in [0.1, 0.15) is 6.42 Å². The van der Waals surface area contributed by atoms with Gasteiger partial charge >= 0.3 is 0 Å². The van der Waals surface area contributed by atoms with Crippen LogP contribution in [0.15, 0.2) is 42.5 Å². The summed E-state index contributed by atoms with van der Waals surface area (Å²) in [7, 11) is 0. The SMILES string of the molecule is N#CCC(=O)Nc1ccc(CNC(=O)c2ccc3c(c2)OCO3)cc1. The van der Waals surface area contributed by atoms with Crippen LogP contribution in [0.1, 0.15) is 22.3 Å². The summed E-state index contributed by atoms with van der Waals surface area (Å²) in [5.74, 6) is 0.617. The Morgan fingerprint density at radius 3 is 2.60 bits per heavy atom. The second-order valence-corrected chi connectivity index (χ2v) is 5.33. The number of carbonyl (C=O) groups is 2. The fraction of sp³-hybridized carbons (Fsp3) is 0.167. The monoisotopic (exact) mass is 337 g/mol. The van der Waals surface area contributed by atoms with Crippen molar-refractivity contribution in [3.8, 4) is 17.6 Å². The van der Waals surface area contributed by atoms with Crippen LogP contribution in [0, 0.1) is 11.3 Å². The molecule has 0 spiro atoms. The maximum absolute atomic E-state index is 12.2. The molecule has 0 unspecified atom stereocenters. The molecule has 1 heterocycles. The molecule has 25 heavy (non-hydrogen) atoms. The Morgan fingerprint density at radius 2 is 1.84 bits per heavy atom. The van der Waals surface area contributed by atoms with Gasteiger partial charge < -0.3 is 20.1 Å². The van der Waals surface area contributed by atoms with Crippen LogP contribution in [-0.2, 0) is 11.3 Å². The van der Waals surface area contributed by atoms with Gasteiger partial charge in [-0.05, 0) is 35.9 Å². The summed E-state index contributed by atoms with van der Waals surface area (Å²) >= 11 is 0. The minimum Gasteiger partial charge on any atom is -0.454 e. The molecule has 2 amide bonds. The van der Waals surface area contributed by atoms with E-state index in [4.69, 9.17) is 14.7 Å². The number of nitriles is 1. The van der Waals surface area contributed by atoms with Gasteiger partial charge in [0.25, 0.3) is 5.91 Å². The summed E-state index contributed by atoms with van der Waals surface area (Å²) in [5, 5.41) is 13.9. The van der Waals surface area contributed by atoms with Gasteiger partial charge in [0.2, 0.25) is 12.7 Å². The van der Waals surface area contributed by atoms with Crippen LogP contribution in [0.3, 0.4) is 0 Å². The molecule has 7 heteroatoms. The Morgan fingerprint density at radius 1 is 1.08 bits per heavy atom. The second kappa shape index (κ2) is 7.36. The van der Waals surface area contributed by atoms with E-state index >= 15 is 0 Å². The number of fused-ring (bicyclic) bond motifs is 1. The van der Waals surface area contributed by atoms with Gasteiger partial charge in [-0.1, -0.05) is 12.1 Å². The van der Waals surface area contributed by atoms with E-state index in [1.807, 2.05) is 0 Å². The number of anilines is 1. The average Bonchev–Trinajstić information content (AvgIpc) is 3.08. The Kier molecular flexibility index (Phi) is 4.81. The van der Waals surface area contributed by atoms with Gasteiger partial charge in [0.15, 0.2) is 11.5 Å². The zero-order valence-corrected chi connectivity index (χ0v) is 13.2. The van der Waals surface area contributed by atoms with Gasteiger partial charge in [-0.25, -0.2) is 0 Å². The van der Waals surface area contributed by atoms with Crippen LogP contribution in [0.25, 0.3) is 0 Å². The number of benzene rings is 2. The topological polar surface area (TPSA) is 100 Å². The number of rotatable bonds is 5. The van der Waals surface area contributed by atoms with E-state index in [-0.39, 0.29) is 25.0 Å². The van der Waals surface area contributed by atoms with E-state index in [0.29, 0.717) is 29.3 Å². The summed E-state index contributed by atoms with van der Waals surface area (Å²) in [4.78, 5) is 23.5. The number of amides is 2. The quantitative estimate of drug-likeness (QED) is 0.871. The Bertz CT molecular complexity index is 840. The van der Waals surface area contributed by atoms with E-state index in [0.717, 1.165) is 5.56 Å². The average molecular weight is 337 g/mol. The smallest absolute Gasteiger partial charge is 0.251 e. The van der Waals surface area contributed by atoms with Gasteiger partial charge in [-0.2, -0.15) is 5.26 Å². The number of carbonyl (C=O) groups excluding carboxylic acids is 2. The van der Waals surface area contributed by atoms with Crippen LogP contribution >= 0.6 is 0 Å². The zero-order valence-electron chi connectivity index (χ0n) is 13.2. The minimum atomic E-state index is -0.355. The van der Waals surface area contributed by atoms with Crippen molar-refractivity contribution in [3.05, 3.63) is 53.6 Å². The highest BCUT2D eigenvalue weighted by Crippen LogP contribution is 2.32. The van der Waals surface area contributed by atoms with Crippen molar-refractivity contribution in [3.63, 3.8) is 0 Å². The standard InChI is InChI=1S/C18H15N3O4/c19-8-7-17(22)21-14-4-1-12(2-5-14)10-20-18(23)13-3-6-15-16(9-13)25-11-24-15/h1-6,9H,7,10-11H2,(H,20,23)(H,21,22). The first-order valence-electron chi connectivity index (χ1n) is 7.59. The molecule has 0 radical (unpaired) electrons. The van der Waals surface area contributed by atoms with Crippen molar-refractivity contribution < 1.29 is 19.1 Å². The van der Waals surface area contributed by atoms with E-state index in [9.17, 15) is 9.59 Å². The van der Waals surface area contributed by atoms with Crippen LogP contribution in [0.5, 0.6) is 11.5 Å². The number of nitrogens with zero attached hydrogens (tertiary/aromatic N) is 1. The van der Waals surface area contributed by atoms with Gasteiger partial charge in [0.05, 0.1) is 6.07 Å². The second-order valence-electron chi connectivity index (χ2n) is 5.33. The fourth-order valence-corrected chi connectivity index (χ4v) is 2.31. The molecule has 2 N–H and O–H groups in total. The summed E-state index contributed by atoms with van der Waals surface area (Å²) in [6, 6.07) is 13.8. The van der Waals surface area contributed by atoms with E-state index in [1.54, 1.807) is 48.5 Å². The van der Waals surface area contributed by atoms with E-state index in [1.165, 1.54) is 0 Å². The van der Waals surface area contributed by atoms with Gasteiger partial charge in [0, 0.05) is 17.8 Å². The molecule has 0 aromatic heterocycles. The first-order chi connectivity index (χ1) is 12.2. The molecule has 0 saturated carbocycles. The molecular formula is C18H15N3O4. The molecule has 0 fully saturated rings. The third kappa shape index (κ3) is 4.06. The van der Waals surface area contributed by atoms with Crippen LogP contribution in [0.4, 0.5) is 5.69 Å². The van der Waals surface area contributed by atoms with Crippen molar-refractivity contribution >= 4 is 17.5 Å². The third-order valence-electron chi connectivity index (χ3n) is 3.57. The van der Waals surface area contributed by atoms with Crippen molar-refractivity contribution in [2.75, 3.05) is 12.1 Å². The lowest BCUT2D eigenvalue weighted by Gasteiger charge is -2.08. The Labute approximate surface area is 144 Å². The molecule has 0 bridgehead atoms. The molecule has 126 valence electrons. The third-order valence-corrected chi connectivity index (χ3v) is 3.57. The van der Waals surface area contributed by atoms with Crippen molar-refractivity contribution in [1.29, 1.82) is 5.26 Å². The van der Waals surface area contributed by atoms with Gasteiger partial charge in [-0.15, -0.1) is 0 Å². The lowest BCUT2D eigenvalue weighted by atomic mass is 10.1. The summed E-state index contributed by atoms with van der Waals surface area (Å²) in [6.07, 6.45) is -0.187. The number of nitrogens with one attached hydrogen (secondary N) is 2. The number of ether oxygens (including phenoxy) is 2.